The minimum absolute atomic E-state index is 0.0177. The van der Waals surface area contributed by atoms with Crippen LogP contribution in [-0.2, 0) is 23.9 Å². The second-order valence-electron chi connectivity index (χ2n) is 8.35. The number of rotatable bonds is 15. The Kier molecular flexibility index (Phi) is 12.9. The predicted octanol–water partition coefficient (Wildman–Crippen LogP) is 1.65. The molecule has 0 aliphatic carbocycles. The topological polar surface area (TPSA) is 157 Å². The van der Waals surface area contributed by atoms with Crippen LogP contribution in [0.4, 0.5) is 0 Å². The number of hydrogen-bond donors (Lipinski definition) is 3. The maximum atomic E-state index is 12.8. The Labute approximate surface area is 221 Å². The lowest BCUT2D eigenvalue weighted by molar-refractivity contribution is -0.118. The van der Waals surface area contributed by atoms with Crippen molar-refractivity contribution in [3.63, 3.8) is 0 Å². The number of amides is 3. The van der Waals surface area contributed by atoms with Gasteiger partial charge in [-0.15, -0.1) is 0 Å². The normalized spacial score (nSPS) is 9.97. The second kappa shape index (κ2) is 15.5. The molecule has 0 saturated heterocycles. The van der Waals surface area contributed by atoms with Crippen LogP contribution < -0.4 is 16.0 Å². The highest BCUT2D eigenvalue weighted by Gasteiger charge is 2.19. The molecule has 1 aromatic rings. The number of carbonyl (C=O) groups excluding carboxylic acids is 6. The largest absolute Gasteiger partial charge is 0.460 e. The van der Waals surface area contributed by atoms with Gasteiger partial charge in [-0.2, -0.15) is 0 Å². The summed E-state index contributed by atoms with van der Waals surface area (Å²) < 4.78 is 10.3. The fourth-order valence-corrected chi connectivity index (χ4v) is 2.69. The maximum Gasteiger partial charge on any atom is 0.338 e. The van der Waals surface area contributed by atoms with Crippen LogP contribution in [0.5, 0.6) is 0 Å². The Morgan fingerprint density at radius 2 is 0.947 bits per heavy atom. The van der Waals surface area contributed by atoms with E-state index in [4.69, 9.17) is 9.47 Å². The molecule has 0 unspecified atom stereocenters. The van der Waals surface area contributed by atoms with E-state index in [9.17, 15) is 28.8 Å². The number of benzene rings is 1. The summed E-state index contributed by atoms with van der Waals surface area (Å²) in [5.74, 6) is -3.30. The van der Waals surface area contributed by atoms with Gasteiger partial charge >= 0.3 is 11.9 Å². The van der Waals surface area contributed by atoms with Crippen LogP contribution in [0.15, 0.2) is 54.7 Å². The van der Waals surface area contributed by atoms with Crippen LogP contribution in [0, 0.1) is 0 Å². The molecule has 3 N–H and O–H groups in total. The number of esters is 2. The van der Waals surface area contributed by atoms with Crippen LogP contribution in [0.3, 0.4) is 0 Å². The van der Waals surface area contributed by atoms with Crippen LogP contribution in [0.1, 0.15) is 58.3 Å². The molecule has 0 fully saturated rings. The lowest BCUT2D eigenvalue weighted by atomic mass is 10.0. The SMILES string of the molecule is C=C(C)C(=O)NCCOC(=O)c1cc(C(=O)CCNC(=O)C(=C)C)cc(C(=O)OCCNC(=O)C(=C)C)c1. The molecule has 1 aromatic carbocycles. The van der Waals surface area contributed by atoms with Crippen LogP contribution >= 0.6 is 0 Å². The minimum Gasteiger partial charge on any atom is -0.460 e. The number of nitrogens with one attached hydrogen (secondary N) is 3. The van der Waals surface area contributed by atoms with E-state index in [1.807, 2.05) is 0 Å². The van der Waals surface area contributed by atoms with E-state index >= 15 is 0 Å². The van der Waals surface area contributed by atoms with Crippen molar-refractivity contribution in [2.24, 2.45) is 0 Å². The van der Waals surface area contributed by atoms with Crippen molar-refractivity contribution in [2.75, 3.05) is 32.8 Å². The van der Waals surface area contributed by atoms with Crippen molar-refractivity contribution in [3.8, 4) is 0 Å². The number of ketones is 1. The Morgan fingerprint density at radius 1 is 0.605 bits per heavy atom. The molecule has 1 rings (SSSR count). The number of carbonyl (C=O) groups is 6. The van der Waals surface area contributed by atoms with Gasteiger partial charge in [-0.05, 0) is 39.0 Å². The van der Waals surface area contributed by atoms with Gasteiger partial charge in [0.1, 0.15) is 13.2 Å². The summed E-state index contributed by atoms with van der Waals surface area (Å²) >= 11 is 0. The van der Waals surface area contributed by atoms with Gasteiger partial charge in [0, 0.05) is 35.2 Å². The molecule has 0 aromatic heterocycles. The van der Waals surface area contributed by atoms with E-state index in [0.717, 1.165) is 0 Å². The summed E-state index contributed by atoms with van der Waals surface area (Å²) in [6.07, 6.45) is -0.105. The van der Waals surface area contributed by atoms with Gasteiger partial charge in [-0.3, -0.25) is 19.2 Å². The third kappa shape index (κ3) is 11.0. The standard InChI is InChI=1S/C27H33N3O8/c1-16(2)23(32)28-8-7-22(31)19-13-20(26(35)37-11-9-29-24(33)17(3)4)15-21(14-19)27(36)38-12-10-30-25(34)18(5)6/h13-15H,1,3,5,7-12H2,2,4,6H3,(H,28,32)(H,29,33)(H,30,34). The van der Waals surface area contributed by atoms with E-state index in [1.54, 1.807) is 0 Å². The van der Waals surface area contributed by atoms with Gasteiger partial charge in [0.05, 0.1) is 24.2 Å². The number of ether oxygens (including phenoxy) is 2. The maximum absolute atomic E-state index is 12.8. The monoisotopic (exact) mass is 527 g/mol. The second-order valence-corrected chi connectivity index (χ2v) is 8.35. The molecule has 0 spiro atoms. The zero-order valence-corrected chi connectivity index (χ0v) is 21.9. The first kappa shape index (κ1) is 31.5. The molecule has 0 atom stereocenters. The Balaban J connectivity index is 2.97. The molecule has 204 valence electrons. The molecule has 0 bridgehead atoms. The lowest BCUT2D eigenvalue weighted by Gasteiger charge is -2.11. The average Bonchev–Trinajstić information content (AvgIpc) is 2.87. The molecule has 11 heteroatoms. The molecular formula is C27H33N3O8. The summed E-state index contributed by atoms with van der Waals surface area (Å²) in [4.78, 5) is 72.7. The van der Waals surface area contributed by atoms with Gasteiger partial charge in [0.25, 0.3) is 0 Å². The van der Waals surface area contributed by atoms with Gasteiger partial charge in [-0.1, -0.05) is 19.7 Å². The van der Waals surface area contributed by atoms with Gasteiger partial charge in [0.15, 0.2) is 5.78 Å². The van der Waals surface area contributed by atoms with Crippen molar-refractivity contribution in [1.29, 1.82) is 0 Å². The molecular weight excluding hydrogens is 494 g/mol. The van der Waals surface area contributed by atoms with Crippen LogP contribution in [-0.4, -0.2) is 68.3 Å². The molecule has 0 heterocycles. The van der Waals surface area contributed by atoms with E-state index in [1.165, 1.54) is 39.0 Å². The Bertz CT molecular complexity index is 1090. The van der Waals surface area contributed by atoms with Crippen molar-refractivity contribution >= 4 is 35.4 Å². The minimum atomic E-state index is -0.831. The highest BCUT2D eigenvalue weighted by Crippen LogP contribution is 2.15. The van der Waals surface area contributed by atoms with Crippen molar-refractivity contribution in [2.45, 2.75) is 27.2 Å². The quantitative estimate of drug-likeness (QED) is 0.134. The lowest BCUT2D eigenvalue weighted by Crippen LogP contribution is -2.28. The van der Waals surface area contributed by atoms with Crippen molar-refractivity contribution in [1.82, 2.24) is 16.0 Å². The zero-order valence-electron chi connectivity index (χ0n) is 21.9. The number of hydrogen-bond acceptors (Lipinski definition) is 8. The van der Waals surface area contributed by atoms with Crippen LogP contribution in [0.25, 0.3) is 0 Å². The van der Waals surface area contributed by atoms with Crippen LogP contribution in [0.2, 0.25) is 0 Å². The third-order valence-electron chi connectivity index (χ3n) is 4.77. The van der Waals surface area contributed by atoms with Gasteiger partial charge in [-0.25, -0.2) is 9.59 Å². The summed E-state index contributed by atoms with van der Waals surface area (Å²) in [6, 6.07) is 3.74. The summed E-state index contributed by atoms with van der Waals surface area (Å²) in [7, 11) is 0. The highest BCUT2D eigenvalue weighted by atomic mass is 16.5. The highest BCUT2D eigenvalue weighted by molar-refractivity contribution is 6.03. The molecule has 0 aliphatic rings. The fourth-order valence-electron chi connectivity index (χ4n) is 2.69. The molecule has 11 nitrogen and oxygen atoms in total. The molecule has 0 saturated carbocycles. The van der Waals surface area contributed by atoms with Gasteiger partial charge < -0.3 is 25.4 Å². The Hall–Kier alpha value is -4.54. The summed E-state index contributed by atoms with van der Waals surface area (Å²) in [5.41, 5.74) is 0.730. The summed E-state index contributed by atoms with van der Waals surface area (Å²) in [5, 5.41) is 7.56. The average molecular weight is 528 g/mol. The first-order valence-electron chi connectivity index (χ1n) is 11.7. The van der Waals surface area contributed by atoms with Gasteiger partial charge in [0.2, 0.25) is 17.7 Å². The van der Waals surface area contributed by atoms with E-state index in [2.05, 4.69) is 35.7 Å². The Morgan fingerprint density at radius 3 is 1.32 bits per heavy atom. The molecule has 38 heavy (non-hydrogen) atoms. The smallest absolute Gasteiger partial charge is 0.338 e. The predicted molar refractivity (Wildman–Crippen MR) is 139 cm³/mol. The molecule has 3 amide bonds. The molecule has 0 aliphatic heterocycles. The zero-order chi connectivity index (χ0) is 28.8. The fraction of sp³-hybridized carbons (Fsp3) is 0.333. The third-order valence-corrected chi connectivity index (χ3v) is 4.77. The number of Topliss-reactive ketones (excluding diaryl/α,β-unsaturated/α-hetero) is 1. The van der Waals surface area contributed by atoms with Crippen molar-refractivity contribution < 1.29 is 38.2 Å². The first-order chi connectivity index (χ1) is 17.8. The van der Waals surface area contributed by atoms with E-state index < -0.39 is 35.4 Å². The summed E-state index contributed by atoms with van der Waals surface area (Å²) in [6.45, 7) is 14.9. The van der Waals surface area contributed by atoms with E-state index in [0.29, 0.717) is 11.1 Å². The molecule has 0 radical (unpaired) electrons. The van der Waals surface area contributed by atoms with Crippen molar-refractivity contribution in [3.05, 3.63) is 71.3 Å². The van der Waals surface area contributed by atoms with E-state index in [-0.39, 0.29) is 61.5 Å². The first-order valence-corrected chi connectivity index (χ1v) is 11.7.